The molecule has 34 heavy (non-hydrogen) atoms. The molecule has 0 aliphatic heterocycles. The summed E-state index contributed by atoms with van der Waals surface area (Å²) >= 11 is 1.50. The standard InChI is InChI=1S/C27H25N5OS/c1-16-10-13-20(14-11-16)34-32-27-26(29-22-8-4-6-17(2)24(22)31-27)30-23-9-5-7-19-12-15-21(18(3)33)28-25(19)23/h4-5,7-15,17,33H,3,6H2,1-2H3,(H,29,30)(H,31,32). The van der Waals surface area contributed by atoms with Gasteiger partial charge in [-0.25, -0.2) is 15.0 Å². The maximum atomic E-state index is 9.84. The highest BCUT2D eigenvalue weighted by Crippen LogP contribution is 2.35. The Hall–Kier alpha value is -3.84. The van der Waals surface area contributed by atoms with Crippen LogP contribution in [0.4, 0.5) is 17.3 Å². The van der Waals surface area contributed by atoms with Crippen LogP contribution in [-0.4, -0.2) is 20.1 Å². The van der Waals surface area contributed by atoms with E-state index in [0.29, 0.717) is 23.2 Å². The molecular formula is C27H25N5OS. The lowest BCUT2D eigenvalue weighted by Gasteiger charge is -2.20. The average Bonchev–Trinajstić information content (AvgIpc) is 2.84. The minimum absolute atomic E-state index is 0.0683. The lowest BCUT2D eigenvalue weighted by Crippen LogP contribution is -2.11. The first kappa shape index (κ1) is 22.0. The number of benzene rings is 2. The fraction of sp³-hybridized carbons (Fsp3) is 0.148. The van der Waals surface area contributed by atoms with E-state index in [9.17, 15) is 5.11 Å². The molecule has 0 saturated heterocycles. The van der Waals surface area contributed by atoms with Gasteiger partial charge in [-0.3, -0.25) is 0 Å². The van der Waals surface area contributed by atoms with E-state index in [1.165, 1.54) is 17.5 Å². The Kier molecular flexibility index (Phi) is 5.94. The van der Waals surface area contributed by atoms with Crippen LogP contribution in [0.15, 0.2) is 72.1 Å². The molecule has 1 unspecified atom stereocenters. The van der Waals surface area contributed by atoms with Crippen LogP contribution in [0.3, 0.4) is 0 Å². The van der Waals surface area contributed by atoms with E-state index >= 15 is 0 Å². The van der Waals surface area contributed by atoms with Crippen LogP contribution >= 0.6 is 11.9 Å². The zero-order valence-electron chi connectivity index (χ0n) is 19.0. The summed E-state index contributed by atoms with van der Waals surface area (Å²) in [6.07, 6.45) is 5.11. The van der Waals surface area contributed by atoms with Gasteiger partial charge in [-0.05, 0) is 55.6 Å². The van der Waals surface area contributed by atoms with Gasteiger partial charge >= 0.3 is 0 Å². The minimum Gasteiger partial charge on any atom is -0.506 e. The van der Waals surface area contributed by atoms with Gasteiger partial charge in [-0.2, -0.15) is 0 Å². The van der Waals surface area contributed by atoms with Crippen molar-refractivity contribution in [2.45, 2.75) is 31.1 Å². The van der Waals surface area contributed by atoms with E-state index in [0.717, 1.165) is 39.3 Å². The molecule has 1 atom stereocenters. The van der Waals surface area contributed by atoms with Gasteiger partial charge in [0.05, 0.1) is 22.6 Å². The quantitative estimate of drug-likeness (QED) is 0.203. The van der Waals surface area contributed by atoms with Crippen molar-refractivity contribution in [1.29, 1.82) is 0 Å². The Morgan fingerprint density at radius 1 is 1.03 bits per heavy atom. The number of rotatable bonds is 6. The third-order valence-electron chi connectivity index (χ3n) is 5.74. The van der Waals surface area contributed by atoms with Gasteiger partial charge in [0.1, 0.15) is 11.5 Å². The topological polar surface area (TPSA) is 83.0 Å². The number of aliphatic hydroxyl groups excluding tert-OH is 1. The normalized spacial score (nSPS) is 14.6. The Balaban J connectivity index is 1.55. The zero-order chi connectivity index (χ0) is 23.7. The third-order valence-corrected chi connectivity index (χ3v) is 6.54. The summed E-state index contributed by atoms with van der Waals surface area (Å²) in [5.74, 6) is 1.50. The molecule has 0 fully saturated rings. The summed E-state index contributed by atoms with van der Waals surface area (Å²) in [6, 6.07) is 17.9. The Morgan fingerprint density at radius 2 is 1.85 bits per heavy atom. The first-order valence-electron chi connectivity index (χ1n) is 11.1. The van der Waals surface area contributed by atoms with Gasteiger partial charge in [0, 0.05) is 16.2 Å². The van der Waals surface area contributed by atoms with Gasteiger partial charge in [-0.15, -0.1) is 0 Å². The lowest BCUT2D eigenvalue weighted by molar-refractivity contribution is 0.511. The average molecular weight is 468 g/mol. The summed E-state index contributed by atoms with van der Waals surface area (Å²) < 4.78 is 3.40. The van der Waals surface area contributed by atoms with Crippen molar-refractivity contribution in [2.75, 3.05) is 10.0 Å². The van der Waals surface area contributed by atoms with E-state index < -0.39 is 0 Å². The summed E-state index contributed by atoms with van der Waals surface area (Å²) in [5, 5.41) is 14.2. The molecule has 0 amide bonds. The predicted molar refractivity (Wildman–Crippen MR) is 141 cm³/mol. The monoisotopic (exact) mass is 467 g/mol. The molecule has 7 heteroatoms. The number of para-hydroxylation sites is 1. The number of aliphatic hydroxyl groups is 1. The molecule has 2 aromatic heterocycles. The Bertz CT molecular complexity index is 1410. The molecular weight excluding hydrogens is 442 g/mol. The number of hydrogen-bond donors (Lipinski definition) is 3. The minimum atomic E-state index is -0.0683. The molecule has 170 valence electrons. The smallest absolute Gasteiger partial charge is 0.180 e. The second-order valence-electron chi connectivity index (χ2n) is 8.39. The van der Waals surface area contributed by atoms with Crippen LogP contribution in [0.5, 0.6) is 0 Å². The number of fused-ring (bicyclic) bond motifs is 2. The number of aryl methyl sites for hydroxylation is 1. The number of anilines is 3. The van der Waals surface area contributed by atoms with Crippen LogP contribution in [0.25, 0.3) is 22.7 Å². The molecule has 4 aromatic rings. The molecule has 3 N–H and O–H groups in total. The van der Waals surface area contributed by atoms with Crippen LogP contribution in [0.1, 0.15) is 41.9 Å². The zero-order valence-corrected chi connectivity index (χ0v) is 19.9. The van der Waals surface area contributed by atoms with Crippen molar-refractivity contribution in [2.24, 2.45) is 0 Å². The number of pyridine rings is 1. The molecule has 1 aliphatic rings. The molecule has 2 heterocycles. The lowest BCUT2D eigenvalue weighted by atomic mass is 9.96. The fourth-order valence-electron chi connectivity index (χ4n) is 3.85. The van der Waals surface area contributed by atoms with E-state index in [2.05, 4.69) is 65.8 Å². The van der Waals surface area contributed by atoms with Crippen molar-refractivity contribution < 1.29 is 5.11 Å². The molecule has 2 aromatic carbocycles. The highest BCUT2D eigenvalue weighted by Gasteiger charge is 2.20. The molecule has 1 aliphatic carbocycles. The van der Waals surface area contributed by atoms with Crippen molar-refractivity contribution in [3.63, 3.8) is 0 Å². The van der Waals surface area contributed by atoms with E-state index in [-0.39, 0.29) is 5.76 Å². The number of nitrogens with one attached hydrogen (secondary N) is 2. The second kappa shape index (κ2) is 9.19. The molecule has 5 rings (SSSR count). The van der Waals surface area contributed by atoms with Crippen molar-refractivity contribution in [3.8, 4) is 0 Å². The van der Waals surface area contributed by atoms with Gasteiger partial charge < -0.3 is 15.1 Å². The molecule has 0 radical (unpaired) electrons. The summed E-state index contributed by atoms with van der Waals surface area (Å²) in [7, 11) is 0. The van der Waals surface area contributed by atoms with E-state index in [1.807, 2.05) is 30.3 Å². The SMILES string of the molecule is C=C(O)c1ccc2cccc(Nc3nc4c(nc3NSc3ccc(C)cc3)C(C)CC=C4)c2n1. The summed E-state index contributed by atoms with van der Waals surface area (Å²) in [5.41, 5.74) is 4.99. The highest BCUT2D eigenvalue weighted by atomic mass is 32.2. The van der Waals surface area contributed by atoms with E-state index in [1.54, 1.807) is 6.07 Å². The van der Waals surface area contributed by atoms with Crippen molar-refractivity contribution in [1.82, 2.24) is 15.0 Å². The van der Waals surface area contributed by atoms with Gasteiger partial charge in [-0.1, -0.05) is 55.5 Å². The first-order chi connectivity index (χ1) is 16.5. The van der Waals surface area contributed by atoms with Crippen LogP contribution in [0.2, 0.25) is 0 Å². The maximum Gasteiger partial charge on any atom is 0.180 e. The molecule has 0 saturated carbocycles. The maximum absolute atomic E-state index is 9.84. The molecule has 6 nitrogen and oxygen atoms in total. The van der Waals surface area contributed by atoms with Crippen LogP contribution < -0.4 is 10.0 Å². The number of aromatic nitrogens is 3. The van der Waals surface area contributed by atoms with Gasteiger partial charge in [0.2, 0.25) is 0 Å². The van der Waals surface area contributed by atoms with Crippen LogP contribution in [0, 0.1) is 6.92 Å². The number of allylic oxidation sites excluding steroid dienone is 1. The third kappa shape index (κ3) is 4.47. The van der Waals surface area contributed by atoms with Gasteiger partial charge in [0.15, 0.2) is 11.6 Å². The summed E-state index contributed by atoms with van der Waals surface area (Å²) in [6.45, 7) is 7.84. The fourth-order valence-corrected chi connectivity index (χ4v) is 4.48. The Labute approximate surface area is 203 Å². The van der Waals surface area contributed by atoms with Crippen molar-refractivity contribution in [3.05, 3.63) is 89.9 Å². The van der Waals surface area contributed by atoms with Gasteiger partial charge in [0.25, 0.3) is 0 Å². The van der Waals surface area contributed by atoms with Crippen molar-refractivity contribution >= 4 is 52.0 Å². The molecule has 0 bridgehead atoms. The largest absolute Gasteiger partial charge is 0.506 e. The second-order valence-corrected chi connectivity index (χ2v) is 9.27. The summed E-state index contributed by atoms with van der Waals surface area (Å²) in [4.78, 5) is 15.6. The number of nitrogens with zero attached hydrogens (tertiary/aromatic N) is 3. The highest BCUT2D eigenvalue weighted by molar-refractivity contribution is 8.00. The Morgan fingerprint density at radius 3 is 2.65 bits per heavy atom. The number of hydrogen-bond acceptors (Lipinski definition) is 7. The molecule has 0 spiro atoms. The van der Waals surface area contributed by atoms with E-state index in [4.69, 9.17) is 9.97 Å². The van der Waals surface area contributed by atoms with Crippen LogP contribution in [-0.2, 0) is 0 Å². The first-order valence-corrected chi connectivity index (χ1v) is 11.9. The predicted octanol–water partition coefficient (Wildman–Crippen LogP) is 7.25.